The Morgan fingerprint density at radius 2 is 2.35 bits per heavy atom. The smallest absolute Gasteiger partial charge is 0.312 e. The second-order valence-corrected chi connectivity index (χ2v) is 7.55. The van der Waals surface area contributed by atoms with Gasteiger partial charge in [-0.3, -0.25) is 4.79 Å². The van der Waals surface area contributed by atoms with Crippen molar-refractivity contribution >= 4 is 45.4 Å². The molecule has 7 heteroatoms. The monoisotopic (exact) mass is 328 g/mol. The van der Waals surface area contributed by atoms with Crippen LogP contribution in [0.3, 0.4) is 0 Å². The van der Waals surface area contributed by atoms with Crippen molar-refractivity contribution in [3.05, 3.63) is 31.9 Å². The van der Waals surface area contributed by atoms with Crippen LogP contribution in [0.1, 0.15) is 34.2 Å². The molecule has 0 spiro atoms. The van der Waals surface area contributed by atoms with Crippen molar-refractivity contribution in [3.63, 3.8) is 0 Å². The first-order chi connectivity index (χ1) is 9.63. The van der Waals surface area contributed by atoms with E-state index in [1.807, 2.05) is 12.1 Å². The number of rotatable bonds is 4. The van der Waals surface area contributed by atoms with E-state index in [0.717, 1.165) is 37.8 Å². The molecule has 4 nitrogen and oxygen atoms in total. The Labute approximate surface area is 129 Å². The Balaban J connectivity index is 1.74. The minimum absolute atomic E-state index is 0.443. The molecule has 2 heterocycles. The number of thiazole rings is 1. The summed E-state index contributed by atoms with van der Waals surface area (Å²) < 4.78 is 0.770. The molecule has 20 heavy (non-hydrogen) atoms. The van der Waals surface area contributed by atoms with Gasteiger partial charge in [0, 0.05) is 9.75 Å². The van der Waals surface area contributed by atoms with Crippen molar-refractivity contribution < 1.29 is 9.90 Å². The Bertz CT molecular complexity index is 638. The number of aromatic nitrogens is 1. The zero-order chi connectivity index (χ0) is 14.1. The van der Waals surface area contributed by atoms with E-state index in [9.17, 15) is 9.90 Å². The summed E-state index contributed by atoms with van der Waals surface area (Å²) in [6.07, 6.45) is 2.54. The molecule has 3 rings (SSSR count). The number of aryl methyl sites for hydroxylation is 1. The number of carbonyl (C=O) groups is 1. The van der Waals surface area contributed by atoms with Crippen molar-refractivity contribution in [2.24, 2.45) is 0 Å². The Morgan fingerprint density at radius 1 is 1.50 bits per heavy atom. The van der Waals surface area contributed by atoms with Gasteiger partial charge in [0.15, 0.2) is 5.13 Å². The summed E-state index contributed by atoms with van der Waals surface area (Å²) in [5.74, 6) is -1.21. The van der Waals surface area contributed by atoms with Gasteiger partial charge in [-0.15, -0.1) is 22.7 Å². The third kappa shape index (κ3) is 2.82. The number of carboxylic acids is 1. The third-order valence-electron chi connectivity index (χ3n) is 3.30. The van der Waals surface area contributed by atoms with Crippen LogP contribution in [-0.2, 0) is 17.8 Å². The zero-order valence-electron chi connectivity index (χ0n) is 10.6. The Kier molecular flexibility index (Phi) is 3.96. The molecular formula is C13H13ClN2O2S2. The molecule has 0 fully saturated rings. The summed E-state index contributed by atoms with van der Waals surface area (Å²) in [6.45, 7) is 0.668. The van der Waals surface area contributed by atoms with Crippen molar-refractivity contribution in [2.45, 2.75) is 31.7 Å². The second-order valence-electron chi connectivity index (χ2n) is 4.67. The summed E-state index contributed by atoms with van der Waals surface area (Å²) >= 11 is 8.99. The number of thiophene rings is 1. The molecular weight excluding hydrogens is 316 g/mol. The normalized spacial score (nSPS) is 17.8. The summed E-state index contributed by atoms with van der Waals surface area (Å²) in [5.41, 5.74) is 0.750. The largest absolute Gasteiger partial charge is 0.481 e. The maximum absolute atomic E-state index is 11.2. The molecule has 0 saturated carbocycles. The van der Waals surface area contributed by atoms with E-state index < -0.39 is 11.9 Å². The lowest BCUT2D eigenvalue weighted by molar-refractivity contribution is -0.139. The fourth-order valence-electron chi connectivity index (χ4n) is 2.34. The highest BCUT2D eigenvalue weighted by atomic mass is 35.5. The van der Waals surface area contributed by atoms with Crippen molar-refractivity contribution in [3.8, 4) is 0 Å². The van der Waals surface area contributed by atoms with Gasteiger partial charge in [-0.2, -0.15) is 0 Å². The van der Waals surface area contributed by atoms with Crippen LogP contribution >= 0.6 is 34.3 Å². The molecule has 1 aliphatic carbocycles. The van der Waals surface area contributed by atoms with E-state index in [2.05, 4.69) is 10.3 Å². The number of hydrogen-bond acceptors (Lipinski definition) is 5. The quantitative estimate of drug-likeness (QED) is 0.891. The number of aliphatic carboxylic acids is 1. The van der Waals surface area contributed by atoms with E-state index in [-0.39, 0.29) is 0 Å². The first-order valence-corrected chi connectivity index (χ1v) is 8.35. The van der Waals surface area contributed by atoms with Crippen LogP contribution in [0.5, 0.6) is 0 Å². The fraction of sp³-hybridized carbons (Fsp3) is 0.385. The van der Waals surface area contributed by atoms with Crippen LogP contribution < -0.4 is 5.32 Å². The number of nitrogens with one attached hydrogen (secondary N) is 1. The SMILES string of the molecule is O=C(O)C1CCCc2sc(NCc3ccc(Cl)s3)nc21. The molecule has 0 saturated heterocycles. The maximum atomic E-state index is 11.2. The number of fused-ring (bicyclic) bond motifs is 1. The van der Waals surface area contributed by atoms with Crippen LogP contribution in [0.25, 0.3) is 0 Å². The first-order valence-electron chi connectivity index (χ1n) is 6.34. The molecule has 0 amide bonds. The topological polar surface area (TPSA) is 62.2 Å². The summed E-state index contributed by atoms with van der Waals surface area (Å²) in [5, 5.41) is 13.3. The molecule has 1 unspecified atom stereocenters. The number of hydrogen-bond donors (Lipinski definition) is 2. The lowest BCUT2D eigenvalue weighted by Crippen LogP contribution is -2.17. The van der Waals surface area contributed by atoms with E-state index in [1.54, 1.807) is 11.3 Å². The molecule has 2 N–H and O–H groups in total. The molecule has 2 aromatic heterocycles. The summed E-state index contributed by atoms with van der Waals surface area (Å²) in [7, 11) is 0. The van der Waals surface area contributed by atoms with Crippen molar-refractivity contribution in [1.82, 2.24) is 4.98 Å². The zero-order valence-corrected chi connectivity index (χ0v) is 12.9. The average molecular weight is 329 g/mol. The van der Waals surface area contributed by atoms with Crippen LogP contribution in [0.2, 0.25) is 4.34 Å². The lowest BCUT2D eigenvalue weighted by atomic mass is 9.91. The van der Waals surface area contributed by atoms with E-state index >= 15 is 0 Å². The van der Waals surface area contributed by atoms with E-state index in [0.29, 0.717) is 13.0 Å². The van der Waals surface area contributed by atoms with Gasteiger partial charge in [0.1, 0.15) is 5.92 Å². The fourth-order valence-corrected chi connectivity index (χ4v) is 4.43. The number of nitrogens with zero attached hydrogens (tertiary/aromatic N) is 1. The van der Waals surface area contributed by atoms with Gasteiger partial charge in [0.05, 0.1) is 16.6 Å². The van der Waals surface area contributed by atoms with Gasteiger partial charge in [0.25, 0.3) is 0 Å². The van der Waals surface area contributed by atoms with Crippen LogP contribution in [0.15, 0.2) is 12.1 Å². The van der Waals surface area contributed by atoms with Crippen molar-refractivity contribution in [2.75, 3.05) is 5.32 Å². The molecule has 0 aliphatic heterocycles. The standard InChI is InChI=1S/C13H13ClN2O2S2/c14-10-5-4-7(19-10)6-15-13-16-11-8(12(17)18)2-1-3-9(11)20-13/h4-5,8H,1-3,6H2,(H,15,16)(H,17,18). The second kappa shape index (κ2) is 5.71. The van der Waals surface area contributed by atoms with Crippen LogP contribution in [-0.4, -0.2) is 16.1 Å². The van der Waals surface area contributed by atoms with Gasteiger partial charge in [-0.25, -0.2) is 4.98 Å². The Hall–Kier alpha value is -1.11. The first kappa shape index (κ1) is 13.9. The molecule has 0 aromatic carbocycles. The van der Waals surface area contributed by atoms with Crippen LogP contribution in [0.4, 0.5) is 5.13 Å². The summed E-state index contributed by atoms with van der Waals surface area (Å²) in [4.78, 5) is 18.0. The number of carboxylic acid groups (broad SMARTS) is 1. The number of anilines is 1. The average Bonchev–Trinajstić information content (AvgIpc) is 3.01. The van der Waals surface area contributed by atoms with Crippen molar-refractivity contribution in [1.29, 1.82) is 0 Å². The Morgan fingerprint density at radius 3 is 3.05 bits per heavy atom. The van der Waals surface area contributed by atoms with E-state index in [1.165, 1.54) is 11.3 Å². The highest BCUT2D eigenvalue weighted by Gasteiger charge is 2.29. The lowest BCUT2D eigenvalue weighted by Gasteiger charge is -2.16. The molecule has 0 bridgehead atoms. The maximum Gasteiger partial charge on any atom is 0.312 e. The van der Waals surface area contributed by atoms with Gasteiger partial charge >= 0.3 is 5.97 Å². The van der Waals surface area contributed by atoms with Gasteiger partial charge in [-0.05, 0) is 31.4 Å². The molecule has 1 aliphatic rings. The third-order valence-corrected chi connectivity index (χ3v) is 5.61. The molecule has 0 radical (unpaired) electrons. The van der Waals surface area contributed by atoms with Gasteiger partial charge < -0.3 is 10.4 Å². The number of halogens is 1. The minimum Gasteiger partial charge on any atom is -0.481 e. The predicted molar refractivity (Wildman–Crippen MR) is 82.1 cm³/mol. The highest BCUT2D eigenvalue weighted by molar-refractivity contribution is 7.16. The van der Waals surface area contributed by atoms with Gasteiger partial charge in [-0.1, -0.05) is 11.6 Å². The summed E-state index contributed by atoms with van der Waals surface area (Å²) in [6, 6.07) is 3.85. The molecule has 1 atom stereocenters. The van der Waals surface area contributed by atoms with Crippen LogP contribution in [0, 0.1) is 0 Å². The predicted octanol–water partition coefficient (Wildman–Crippen LogP) is 3.97. The molecule has 106 valence electrons. The highest BCUT2D eigenvalue weighted by Crippen LogP contribution is 2.37. The minimum atomic E-state index is -0.771. The van der Waals surface area contributed by atoms with Gasteiger partial charge in [0.2, 0.25) is 0 Å². The van der Waals surface area contributed by atoms with E-state index in [4.69, 9.17) is 11.6 Å². The molecule has 2 aromatic rings.